The highest BCUT2D eigenvalue weighted by Crippen LogP contribution is 2.13. The molecule has 19 heavy (non-hydrogen) atoms. The van der Waals surface area contributed by atoms with Crippen molar-refractivity contribution in [2.45, 2.75) is 13.5 Å². The van der Waals surface area contributed by atoms with Crippen LogP contribution in [-0.2, 0) is 6.54 Å². The molecule has 1 aromatic carbocycles. The van der Waals surface area contributed by atoms with Crippen LogP contribution in [0.5, 0.6) is 0 Å². The lowest BCUT2D eigenvalue weighted by Gasteiger charge is -2.07. The Kier molecular flexibility index (Phi) is 4.30. The Labute approximate surface area is 116 Å². The van der Waals surface area contributed by atoms with E-state index in [-0.39, 0.29) is 6.03 Å². The Morgan fingerprint density at radius 1 is 1.16 bits per heavy atom. The molecule has 0 spiro atoms. The number of hydrogen-bond acceptors (Lipinski definition) is 3. The molecule has 2 aromatic rings. The first-order valence-corrected chi connectivity index (χ1v) is 6.11. The minimum atomic E-state index is -0.301. The number of rotatable bonds is 3. The third-order valence-electron chi connectivity index (χ3n) is 2.39. The molecule has 2 amide bonds. The van der Waals surface area contributed by atoms with E-state index in [4.69, 9.17) is 11.6 Å². The predicted octanol–water partition coefficient (Wildman–Crippen LogP) is 2.76. The molecule has 2 rings (SSSR count). The summed E-state index contributed by atoms with van der Waals surface area (Å²) in [5.74, 6) is 0. The molecule has 1 aromatic heterocycles. The number of aryl methyl sites for hydroxylation is 1. The number of carbonyl (C=O) groups excluding carboxylic acids is 1. The average molecular weight is 277 g/mol. The maximum absolute atomic E-state index is 11.6. The van der Waals surface area contributed by atoms with Gasteiger partial charge >= 0.3 is 6.03 Å². The fourth-order valence-corrected chi connectivity index (χ4v) is 1.53. The molecule has 0 bridgehead atoms. The molecule has 0 aliphatic carbocycles. The van der Waals surface area contributed by atoms with Crippen LogP contribution in [0.15, 0.2) is 36.4 Å². The molecular formula is C13H13ClN4O. The van der Waals surface area contributed by atoms with E-state index in [1.807, 2.05) is 19.1 Å². The minimum Gasteiger partial charge on any atom is -0.332 e. The van der Waals surface area contributed by atoms with Gasteiger partial charge in [-0.25, -0.2) is 4.79 Å². The molecule has 0 unspecified atom stereocenters. The normalized spacial score (nSPS) is 10.0. The molecular weight excluding hydrogens is 264 g/mol. The smallest absolute Gasteiger partial charge is 0.319 e. The van der Waals surface area contributed by atoms with Crippen molar-refractivity contribution < 1.29 is 4.79 Å². The minimum absolute atomic E-state index is 0.301. The van der Waals surface area contributed by atoms with Gasteiger partial charge in [0.2, 0.25) is 0 Å². The van der Waals surface area contributed by atoms with Gasteiger partial charge in [0.15, 0.2) is 0 Å². The highest BCUT2D eigenvalue weighted by atomic mass is 35.5. The van der Waals surface area contributed by atoms with E-state index in [1.165, 1.54) is 0 Å². The Bertz CT molecular complexity index is 554. The van der Waals surface area contributed by atoms with Crippen LogP contribution in [0.3, 0.4) is 0 Å². The van der Waals surface area contributed by atoms with Crippen LogP contribution in [0.2, 0.25) is 5.02 Å². The van der Waals surface area contributed by atoms with Crippen LogP contribution in [0.25, 0.3) is 0 Å². The van der Waals surface area contributed by atoms with Gasteiger partial charge in [-0.05, 0) is 43.3 Å². The summed E-state index contributed by atoms with van der Waals surface area (Å²) in [5, 5.41) is 13.9. The van der Waals surface area contributed by atoms with Gasteiger partial charge in [-0.15, -0.1) is 0 Å². The monoisotopic (exact) mass is 276 g/mol. The zero-order chi connectivity index (χ0) is 13.7. The molecule has 0 saturated heterocycles. The largest absolute Gasteiger partial charge is 0.332 e. The van der Waals surface area contributed by atoms with Gasteiger partial charge in [-0.3, -0.25) is 0 Å². The zero-order valence-electron chi connectivity index (χ0n) is 10.4. The molecule has 0 aliphatic heterocycles. The van der Waals surface area contributed by atoms with Crippen molar-refractivity contribution in [1.82, 2.24) is 15.5 Å². The summed E-state index contributed by atoms with van der Waals surface area (Å²) >= 11 is 5.76. The molecule has 6 heteroatoms. The van der Waals surface area contributed by atoms with Crippen molar-refractivity contribution in [3.63, 3.8) is 0 Å². The Hall–Kier alpha value is -2.14. The van der Waals surface area contributed by atoms with E-state index >= 15 is 0 Å². The van der Waals surface area contributed by atoms with Crippen molar-refractivity contribution in [2.24, 2.45) is 0 Å². The van der Waals surface area contributed by atoms with Crippen LogP contribution in [-0.4, -0.2) is 16.2 Å². The molecule has 98 valence electrons. The number of anilines is 1. The SMILES string of the molecule is Cc1ccc(CNC(=O)Nc2ccc(Cl)cc2)nn1. The van der Waals surface area contributed by atoms with Gasteiger partial charge in [0.1, 0.15) is 0 Å². The molecule has 2 N–H and O–H groups in total. The second-order valence-corrected chi connectivity index (χ2v) is 4.42. The summed E-state index contributed by atoms with van der Waals surface area (Å²) < 4.78 is 0. The summed E-state index contributed by atoms with van der Waals surface area (Å²) in [6, 6.07) is 10.3. The predicted molar refractivity (Wildman–Crippen MR) is 74.1 cm³/mol. The quantitative estimate of drug-likeness (QED) is 0.906. The number of hydrogen-bond donors (Lipinski definition) is 2. The summed E-state index contributed by atoms with van der Waals surface area (Å²) in [7, 11) is 0. The molecule has 0 aliphatic rings. The summed E-state index contributed by atoms with van der Waals surface area (Å²) in [6.07, 6.45) is 0. The van der Waals surface area contributed by atoms with E-state index in [2.05, 4.69) is 20.8 Å². The van der Waals surface area contributed by atoms with Crippen LogP contribution in [0.1, 0.15) is 11.4 Å². The number of nitrogens with zero attached hydrogens (tertiary/aromatic N) is 2. The second kappa shape index (κ2) is 6.15. The van der Waals surface area contributed by atoms with Crippen molar-refractivity contribution in [3.8, 4) is 0 Å². The second-order valence-electron chi connectivity index (χ2n) is 3.98. The highest BCUT2D eigenvalue weighted by Gasteiger charge is 2.02. The standard InChI is InChI=1S/C13H13ClN4O/c1-9-2-5-12(18-17-9)8-15-13(19)16-11-6-3-10(14)4-7-11/h2-7H,8H2,1H3,(H2,15,16,19). The number of carbonyl (C=O) groups is 1. The average Bonchev–Trinajstić information content (AvgIpc) is 2.41. The maximum Gasteiger partial charge on any atom is 0.319 e. The molecule has 0 atom stereocenters. The number of amides is 2. The van der Waals surface area contributed by atoms with Crippen LogP contribution in [0, 0.1) is 6.92 Å². The Balaban J connectivity index is 1.84. The van der Waals surface area contributed by atoms with Crippen molar-refractivity contribution in [3.05, 3.63) is 52.8 Å². The highest BCUT2D eigenvalue weighted by molar-refractivity contribution is 6.30. The molecule has 1 heterocycles. The fourth-order valence-electron chi connectivity index (χ4n) is 1.40. The van der Waals surface area contributed by atoms with Crippen molar-refractivity contribution >= 4 is 23.3 Å². The zero-order valence-corrected chi connectivity index (χ0v) is 11.1. The van der Waals surface area contributed by atoms with Crippen LogP contribution >= 0.6 is 11.6 Å². The van der Waals surface area contributed by atoms with Crippen LogP contribution in [0.4, 0.5) is 10.5 Å². The summed E-state index contributed by atoms with van der Waals surface area (Å²) in [4.78, 5) is 11.6. The number of aromatic nitrogens is 2. The summed E-state index contributed by atoms with van der Waals surface area (Å²) in [6.45, 7) is 2.18. The maximum atomic E-state index is 11.6. The first-order chi connectivity index (χ1) is 9.13. The van der Waals surface area contributed by atoms with E-state index < -0.39 is 0 Å². The van der Waals surface area contributed by atoms with E-state index in [0.29, 0.717) is 22.9 Å². The van der Waals surface area contributed by atoms with E-state index in [0.717, 1.165) is 5.69 Å². The number of urea groups is 1. The van der Waals surface area contributed by atoms with Crippen molar-refractivity contribution in [2.75, 3.05) is 5.32 Å². The first kappa shape index (κ1) is 13.3. The number of nitrogens with one attached hydrogen (secondary N) is 2. The molecule has 0 fully saturated rings. The van der Waals surface area contributed by atoms with Gasteiger partial charge in [-0.2, -0.15) is 10.2 Å². The van der Waals surface area contributed by atoms with Gasteiger partial charge < -0.3 is 10.6 Å². The topological polar surface area (TPSA) is 66.9 Å². The van der Waals surface area contributed by atoms with E-state index in [9.17, 15) is 4.79 Å². The molecule has 5 nitrogen and oxygen atoms in total. The Morgan fingerprint density at radius 2 is 1.89 bits per heavy atom. The third-order valence-corrected chi connectivity index (χ3v) is 2.64. The van der Waals surface area contributed by atoms with Crippen molar-refractivity contribution in [1.29, 1.82) is 0 Å². The lowest BCUT2D eigenvalue weighted by Crippen LogP contribution is -2.28. The molecule has 0 radical (unpaired) electrons. The van der Waals surface area contributed by atoms with Gasteiger partial charge in [0, 0.05) is 10.7 Å². The van der Waals surface area contributed by atoms with Gasteiger partial charge in [-0.1, -0.05) is 11.6 Å². The first-order valence-electron chi connectivity index (χ1n) is 5.73. The van der Waals surface area contributed by atoms with E-state index in [1.54, 1.807) is 24.3 Å². The fraction of sp³-hybridized carbons (Fsp3) is 0.154. The van der Waals surface area contributed by atoms with Gasteiger partial charge in [0.05, 0.1) is 17.9 Å². The number of halogens is 1. The summed E-state index contributed by atoms with van der Waals surface area (Å²) in [5.41, 5.74) is 2.23. The lowest BCUT2D eigenvalue weighted by atomic mass is 10.3. The molecule has 0 saturated carbocycles. The third kappa shape index (κ3) is 4.22. The number of benzene rings is 1. The van der Waals surface area contributed by atoms with Gasteiger partial charge in [0.25, 0.3) is 0 Å². The lowest BCUT2D eigenvalue weighted by molar-refractivity contribution is 0.251. The van der Waals surface area contributed by atoms with Crippen LogP contribution < -0.4 is 10.6 Å². The Morgan fingerprint density at radius 3 is 2.53 bits per heavy atom.